The fourth-order valence-electron chi connectivity index (χ4n) is 3.33. The van der Waals surface area contributed by atoms with Crippen molar-refractivity contribution in [2.45, 2.75) is 26.0 Å². The van der Waals surface area contributed by atoms with E-state index in [0.29, 0.717) is 40.3 Å². The Morgan fingerprint density at radius 3 is 2.71 bits per heavy atom. The van der Waals surface area contributed by atoms with E-state index >= 15 is 0 Å². The van der Waals surface area contributed by atoms with E-state index in [9.17, 15) is 4.79 Å². The van der Waals surface area contributed by atoms with Crippen LogP contribution in [0.1, 0.15) is 23.2 Å². The van der Waals surface area contributed by atoms with Gasteiger partial charge >= 0.3 is 0 Å². The Kier molecular flexibility index (Phi) is 6.15. The predicted molar refractivity (Wildman–Crippen MR) is 120 cm³/mol. The maximum atomic E-state index is 12.7. The second-order valence-corrected chi connectivity index (χ2v) is 7.87. The van der Waals surface area contributed by atoms with Gasteiger partial charge in [0.25, 0.3) is 5.91 Å². The highest BCUT2D eigenvalue weighted by molar-refractivity contribution is 6.36. The summed E-state index contributed by atoms with van der Waals surface area (Å²) in [5, 5.41) is 12.5. The van der Waals surface area contributed by atoms with Gasteiger partial charge in [-0.25, -0.2) is 0 Å². The lowest BCUT2D eigenvalue weighted by Gasteiger charge is -2.09. The predicted octanol–water partition coefficient (Wildman–Crippen LogP) is 4.69. The largest absolute Gasteiger partial charge is 0.496 e. The van der Waals surface area contributed by atoms with Crippen LogP contribution in [0.25, 0.3) is 0 Å². The highest BCUT2D eigenvalue weighted by Crippen LogP contribution is 2.27. The van der Waals surface area contributed by atoms with Gasteiger partial charge in [0, 0.05) is 39.4 Å². The van der Waals surface area contributed by atoms with Gasteiger partial charge in [-0.1, -0.05) is 46.6 Å². The number of carbonyl (C=O) groups is 1. The third-order valence-electron chi connectivity index (χ3n) is 4.98. The summed E-state index contributed by atoms with van der Waals surface area (Å²) in [6, 6.07) is 14.6. The molecule has 1 amide bonds. The molecule has 1 aromatic heterocycles. The van der Waals surface area contributed by atoms with E-state index in [1.165, 1.54) is 0 Å². The molecule has 1 unspecified atom stereocenters. The second-order valence-electron chi connectivity index (χ2n) is 7.05. The van der Waals surface area contributed by atoms with Crippen molar-refractivity contribution in [2.75, 3.05) is 12.4 Å². The van der Waals surface area contributed by atoms with Gasteiger partial charge in [0.15, 0.2) is 5.82 Å². The minimum Gasteiger partial charge on any atom is -0.496 e. The number of methoxy groups -OCH3 is 1. The van der Waals surface area contributed by atoms with Gasteiger partial charge in [-0.3, -0.25) is 9.48 Å². The molecule has 7 nitrogen and oxygen atoms in total. The number of nitrogens with zero attached hydrogens (tertiary/aromatic N) is 3. The third-order valence-corrected chi connectivity index (χ3v) is 5.69. The normalized spacial score (nSPS) is 15.4. The molecule has 31 heavy (non-hydrogen) atoms. The van der Waals surface area contributed by atoms with Gasteiger partial charge < -0.3 is 14.9 Å². The van der Waals surface area contributed by atoms with Gasteiger partial charge in [-0.15, -0.1) is 0 Å². The van der Waals surface area contributed by atoms with Crippen LogP contribution in [-0.2, 0) is 16.2 Å². The van der Waals surface area contributed by atoms with Crippen LogP contribution in [0, 0.1) is 6.92 Å². The van der Waals surface area contributed by atoms with Gasteiger partial charge in [0.2, 0.25) is 6.10 Å². The number of amides is 1. The number of hydrogen-bond donors (Lipinski definition) is 1. The lowest BCUT2D eigenvalue weighted by atomic mass is 10.0. The minimum atomic E-state index is -0.747. The van der Waals surface area contributed by atoms with E-state index in [1.807, 2.05) is 31.2 Å². The minimum absolute atomic E-state index is 0.325. The Bertz CT molecular complexity index is 1140. The number of carbonyl (C=O) groups excluding carboxylic acids is 1. The average molecular weight is 459 g/mol. The second kappa shape index (κ2) is 8.99. The number of halogens is 2. The maximum Gasteiger partial charge on any atom is 0.269 e. The summed E-state index contributed by atoms with van der Waals surface area (Å²) in [6.07, 6.45) is -0.412. The number of rotatable bonds is 6. The molecule has 3 aromatic rings. The van der Waals surface area contributed by atoms with E-state index in [2.05, 4.69) is 15.6 Å². The molecule has 9 heteroatoms. The van der Waals surface area contributed by atoms with Crippen molar-refractivity contribution >= 4 is 40.6 Å². The number of para-hydroxylation sites is 1. The summed E-state index contributed by atoms with van der Waals surface area (Å²) in [6.45, 7) is 2.28. The van der Waals surface area contributed by atoms with Gasteiger partial charge in [0.05, 0.1) is 19.4 Å². The van der Waals surface area contributed by atoms with Crippen molar-refractivity contribution in [3.63, 3.8) is 0 Å². The molecule has 1 N–H and O–H groups in total. The van der Waals surface area contributed by atoms with E-state index < -0.39 is 6.10 Å². The first-order valence-corrected chi connectivity index (χ1v) is 10.4. The molecule has 0 radical (unpaired) electrons. The Hall–Kier alpha value is -3.03. The average Bonchev–Trinajstić information content (AvgIpc) is 3.38. The number of ether oxygens (including phenoxy) is 1. The van der Waals surface area contributed by atoms with E-state index in [0.717, 1.165) is 16.8 Å². The fourth-order valence-corrected chi connectivity index (χ4v) is 3.85. The number of nitrogens with one attached hydrogen (secondary N) is 1. The van der Waals surface area contributed by atoms with Crippen LogP contribution in [0.15, 0.2) is 53.7 Å². The molecular formula is C22H20Cl2N4O3. The summed E-state index contributed by atoms with van der Waals surface area (Å²) in [5.41, 5.74) is 3.08. The van der Waals surface area contributed by atoms with Gasteiger partial charge in [-0.05, 0) is 31.2 Å². The van der Waals surface area contributed by atoms with E-state index in [-0.39, 0.29) is 5.91 Å². The summed E-state index contributed by atoms with van der Waals surface area (Å²) in [5.74, 6) is 0.771. The molecule has 0 fully saturated rings. The Morgan fingerprint density at radius 1 is 1.23 bits per heavy atom. The molecule has 0 aliphatic carbocycles. The van der Waals surface area contributed by atoms with Crippen molar-refractivity contribution < 1.29 is 14.4 Å². The number of anilines is 1. The van der Waals surface area contributed by atoms with Crippen LogP contribution in [0.3, 0.4) is 0 Å². The van der Waals surface area contributed by atoms with Crippen LogP contribution < -0.4 is 10.1 Å². The number of benzene rings is 2. The standard InChI is InChI=1S/C22H20Cl2N4O3/c1-13-10-21(26-28(13)12-15-16(23)7-5-8-17(15)24)25-22(29)20-11-18(27-31-20)14-6-3-4-9-19(14)30-2/h3-10,20H,11-12H2,1-2H3,(H,25,26,29). The Labute approximate surface area is 189 Å². The van der Waals surface area contributed by atoms with Crippen LogP contribution in [0.2, 0.25) is 10.0 Å². The highest BCUT2D eigenvalue weighted by atomic mass is 35.5. The molecule has 1 aliphatic rings. The van der Waals surface area contributed by atoms with Crippen LogP contribution in [0.5, 0.6) is 5.75 Å². The summed E-state index contributed by atoms with van der Waals surface area (Å²) in [4.78, 5) is 18.1. The molecule has 0 bridgehead atoms. The van der Waals surface area contributed by atoms with Crippen molar-refractivity contribution in [3.8, 4) is 5.75 Å². The SMILES string of the molecule is COc1ccccc1C1=NOC(C(=O)Nc2cc(C)n(Cc3c(Cl)cccc3Cl)n2)C1. The lowest BCUT2D eigenvalue weighted by Crippen LogP contribution is -2.28. The molecule has 0 saturated carbocycles. The zero-order valence-corrected chi connectivity index (χ0v) is 18.4. The van der Waals surface area contributed by atoms with Crippen molar-refractivity contribution in [1.82, 2.24) is 9.78 Å². The quantitative estimate of drug-likeness (QED) is 0.581. The first-order valence-electron chi connectivity index (χ1n) is 9.60. The molecule has 4 rings (SSSR count). The fraction of sp³-hybridized carbons (Fsp3) is 0.227. The highest BCUT2D eigenvalue weighted by Gasteiger charge is 2.30. The summed E-state index contributed by atoms with van der Waals surface area (Å²) < 4.78 is 7.09. The molecule has 1 aliphatic heterocycles. The van der Waals surface area contributed by atoms with Crippen LogP contribution in [-0.4, -0.2) is 34.6 Å². The molecule has 2 aromatic carbocycles. The zero-order valence-electron chi connectivity index (χ0n) is 16.9. The Morgan fingerprint density at radius 2 is 1.97 bits per heavy atom. The molecule has 0 spiro atoms. The number of hydrogen-bond acceptors (Lipinski definition) is 5. The number of oxime groups is 1. The van der Waals surface area contributed by atoms with Gasteiger partial charge in [0.1, 0.15) is 5.75 Å². The first kappa shape index (κ1) is 21.2. The lowest BCUT2D eigenvalue weighted by molar-refractivity contribution is -0.125. The Balaban J connectivity index is 1.43. The maximum absolute atomic E-state index is 12.7. The van der Waals surface area contributed by atoms with Crippen LogP contribution in [0.4, 0.5) is 5.82 Å². The first-order chi connectivity index (χ1) is 15.0. The van der Waals surface area contributed by atoms with Crippen molar-refractivity contribution in [1.29, 1.82) is 0 Å². The summed E-state index contributed by atoms with van der Waals surface area (Å²) in [7, 11) is 1.59. The number of aryl methyl sites for hydroxylation is 1. The monoisotopic (exact) mass is 458 g/mol. The number of aromatic nitrogens is 2. The smallest absolute Gasteiger partial charge is 0.269 e. The topological polar surface area (TPSA) is 77.7 Å². The molecular weight excluding hydrogens is 439 g/mol. The van der Waals surface area contributed by atoms with Gasteiger partial charge in [-0.2, -0.15) is 5.10 Å². The molecule has 1 atom stereocenters. The molecule has 0 saturated heterocycles. The van der Waals surface area contributed by atoms with E-state index in [4.69, 9.17) is 32.8 Å². The zero-order chi connectivity index (χ0) is 22.0. The molecule has 160 valence electrons. The van der Waals surface area contributed by atoms with E-state index in [1.54, 1.807) is 36.1 Å². The van der Waals surface area contributed by atoms with Crippen LogP contribution >= 0.6 is 23.2 Å². The molecule has 2 heterocycles. The van der Waals surface area contributed by atoms with Crippen molar-refractivity contribution in [2.24, 2.45) is 5.16 Å². The van der Waals surface area contributed by atoms with Crippen molar-refractivity contribution in [3.05, 3.63) is 75.4 Å². The summed E-state index contributed by atoms with van der Waals surface area (Å²) >= 11 is 12.5. The third kappa shape index (κ3) is 4.52.